The van der Waals surface area contributed by atoms with Crippen LogP contribution in [0.3, 0.4) is 0 Å². The van der Waals surface area contributed by atoms with E-state index < -0.39 is 11.9 Å². The van der Waals surface area contributed by atoms with Crippen molar-refractivity contribution in [3.05, 3.63) is 30.3 Å². The van der Waals surface area contributed by atoms with Crippen LogP contribution in [-0.4, -0.2) is 11.9 Å². The van der Waals surface area contributed by atoms with Crippen LogP contribution >= 0.6 is 9.24 Å². The minimum atomic E-state index is -1.08. The normalized spacial score (nSPS) is 6.94. The number of carbonyl (C=O) groups excluding carboxylic acids is 2. The van der Waals surface area contributed by atoms with Crippen molar-refractivity contribution in [1.82, 2.24) is 0 Å². The zero-order valence-electron chi connectivity index (χ0n) is 8.91. The Morgan fingerprint density at radius 2 is 1.25 bits per heavy atom. The van der Waals surface area contributed by atoms with Crippen LogP contribution in [0.4, 0.5) is 0 Å². The molecular weight excluding hydrogens is 321 g/mol. The number of carboxylic acids is 2. The topological polar surface area (TPSA) is 80.3 Å². The molecule has 0 heterocycles. The van der Waals surface area contributed by atoms with Crippen LogP contribution in [0.1, 0.15) is 13.8 Å². The molecule has 0 radical (unpaired) electrons. The van der Waals surface area contributed by atoms with Crippen molar-refractivity contribution in [2.75, 3.05) is 0 Å². The molecule has 1 aromatic rings. The summed E-state index contributed by atoms with van der Waals surface area (Å²) in [5.41, 5.74) is 0. The van der Waals surface area contributed by atoms with E-state index >= 15 is 0 Å². The van der Waals surface area contributed by atoms with Gasteiger partial charge in [-0.3, -0.25) is 0 Å². The van der Waals surface area contributed by atoms with Gasteiger partial charge in [0.15, 0.2) is 0 Å². The molecule has 0 N–H and O–H groups in total. The molecule has 0 aromatic heterocycles. The zero-order chi connectivity index (χ0) is 12.3. The van der Waals surface area contributed by atoms with Crippen molar-refractivity contribution in [3.8, 4) is 0 Å². The Kier molecular flexibility index (Phi) is 18.4. The Morgan fingerprint density at radius 1 is 1.00 bits per heavy atom. The molecule has 0 saturated heterocycles. The molecular formula is C10H13O4PPd. The number of hydrogen-bond donors (Lipinski definition) is 0. The molecule has 16 heavy (non-hydrogen) atoms. The first-order chi connectivity index (χ1) is 6.86. The predicted molar refractivity (Wildman–Crippen MR) is 57.1 cm³/mol. The van der Waals surface area contributed by atoms with E-state index in [0.29, 0.717) is 0 Å². The van der Waals surface area contributed by atoms with Gasteiger partial charge in [-0.05, 0) is 19.2 Å². The Labute approximate surface area is 111 Å². The van der Waals surface area contributed by atoms with E-state index in [4.69, 9.17) is 19.8 Å². The van der Waals surface area contributed by atoms with Crippen LogP contribution in [-0.2, 0) is 30.0 Å². The fourth-order valence-electron chi connectivity index (χ4n) is 0.453. The first kappa shape index (κ1) is 20.6. The van der Waals surface area contributed by atoms with Gasteiger partial charge in [-0.15, -0.1) is 9.24 Å². The first-order valence-electron chi connectivity index (χ1n) is 4.02. The van der Waals surface area contributed by atoms with Gasteiger partial charge in [0, 0.05) is 11.9 Å². The summed E-state index contributed by atoms with van der Waals surface area (Å²) in [7, 11) is 2.63. The Hall–Kier alpha value is -0.748. The summed E-state index contributed by atoms with van der Waals surface area (Å²) in [5.74, 6) is -2.17. The van der Waals surface area contributed by atoms with Gasteiger partial charge in [0.2, 0.25) is 0 Å². The third-order valence-electron chi connectivity index (χ3n) is 0.800. The number of aliphatic carboxylic acids is 2. The molecule has 1 rings (SSSR count). The summed E-state index contributed by atoms with van der Waals surface area (Å²) in [4.78, 5) is 17.8. The zero-order valence-corrected chi connectivity index (χ0v) is 11.6. The fraction of sp³-hybridized carbons (Fsp3) is 0.200. The molecule has 0 aliphatic carbocycles. The third-order valence-corrected chi connectivity index (χ3v) is 1.18. The maximum Gasteiger partial charge on any atom is 2.00 e. The van der Waals surface area contributed by atoms with E-state index in [1.54, 1.807) is 0 Å². The number of benzene rings is 1. The summed E-state index contributed by atoms with van der Waals surface area (Å²) in [6, 6.07) is 10.1. The summed E-state index contributed by atoms with van der Waals surface area (Å²) in [6.45, 7) is 1.94. The van der Waals surface area contributed by atoms with Crippen LogP contribution in [0.25, 0.3) is 0 Å². The second-order valence-electron chi connectivity index (χ2n) is 2.39. The van der Waals surface area contributed by atoms with Gasteiger partial charge in [0.05, 0.1) is 0 Å². The predicted octanol–water partition coefficient (Wildman–Crippen LogP) is -1.30. The molecule has 0 aliphatic rings. The minimum absolute atomic E-state index is 0. The smallest absolute Gasteiger partial charge is 0.550 e. The molecule has 6 heteroatoms. The Balaban J connectivity index is -0.000000166. The molecule has 0 bridgehead atoms. The summed E-state index contributed by atoms with van der Waals surface area (Å²) < 4.78 is 0. The molecule has 1 unspecified atom stereocenters. The van der Waals surface area contributed by atoms with Crippen LogP contribution in [0.2, 0.25) is 0 Å². The molecule has 4 nitrogen and oxygen atoms in total. The molecule has 1 atom stereocenters. The van der Waals surface area contributed by atoms with Gasteiger partial charge in [0.1, 0.15) is 0 Å². The van der Waals surface area contributed by atoms with Crippen molar-refractivity contribution in [3.63, 3.8) is 0 Å². The van der Waals surface area contributed by atoms with E-state index in [2.05, 4.69) is 9.24 Å². The van der Waals surface area contributed by atoms with Crippen molar-refractivity contribution in [1.29, 1.82) is 0 Å². The molecule has 0 saturated carbocycles. The van der Waals surface area contributed by atoms with E-state index in [9.17, 15) is 0 Å². The number of hydrogen-bond acceptors (Lipinski definition) is 4. The minimum Gasteiger partial charge on any atom is -0.550 e. The van der Waals surface area contributed by atoms with E-state index in [-0.39, 0.29) is 20.4 Å². The van der Waals surface area contributed by atoms with Crippen molar-refractivity contribution < 1.29 is 40.2 Å². The first-order valence-corrected chi connectivity index (χ1v) is 4.59. The Morgan fingerprint density at radius 3 is 1.38 bits per heavy atom. The molecule has 92 valence electrons. The quantitative estimate of drug-likeness (QED) is 0.436. The summed E-state index contributed by atoms with van der Waals surface area (Å²) in [5, 5.41) is 19.0. The van der Waals surface area contributed by atoms with Gasteiger partial charge < -0.3 is 19.8 Å². The largest absolute Gasteiger partial charge is 2.00 e. The maximum atomic E-state index is 8.89. The van der Waals surface area contributed by atoms with E-state index in [1.165, 1.54) is 5.30 Å². The summed E-state index contributed by atoms with van der Waals surface area (Å²) in [6.07, 6.45) is 0. The third kappa shape index (κ3) is 37.8. The second kappa shape index (κ2) is 14.3. The van der Waals surface area contributed by atoms with Crippen LogP contribution < -0.4 is 15.5 Å². The molecule has 0 spiro atoms. The monoisotopic (exact) mass is 334 g/mol. The van der Waals surface area contributed by atoms with Gasteiger partial charge >= 0.3 is 20.4 Å². The molecule has 1 aromatic carbocycles. The van der Waals surface area contributed by atoms with Crippen molar-refractivity contribution >= 4 is 26.5 Å². The fourth-order valence-corrected chi connectivity index (χ4v) is 0.675. The average molecular weight is 335 g/mol. The summed E-state index contributed by atoms with van der Waals surface area (Å²) >= 11 is 0. The maximum absolute atomic E-state index is 8.89. The van der Waals surface area contributed by atoms with Crippen molar-refractivity contribution in [2.24, 2.45) is 0 Å². The van der Waals surface area contributed by atoms with Crippen LogP contribution in [0.5, 0.6) is 0 Å². The van der Waals surface area contributed by atoms with Crippen molar-refractivity contribution in [2.45, 2.75) is 13.8 Å². The second-order valence-corrected chi connectivity index (χ2v) is 3.06. The number of carbonyl (C=O) groups is 2. The SMILES string of the molecule is CC(=O)[O-].CC(=O)[O-].Pc1ccccc1.[Pd+2]. The van der Waals surface area contributed by atoms with Gasteiger partial charge in [-0.25, -0.2) is 0 Å². The molecule has 0 fully saturated rings. The number of rotatable bonds is 0. The molecule has 0 amide bonds. The molecule has 0 aliphatic heterocycles. The van der Waals surface area contributed by atoms with E-state index in [1.807, 2.05) is 30.3 Å². The van der Waals surface area contributed by atoms with Crippen LogP contribution in [0, 0.1) is 0 Å². The van der Waals surface area contributed by atoms with E-state index in [0.717, 1.165) is 13.8 Å². The van der Waals surface area contributed by atoms with Gasteiger partial charge in [-0.2, -0.15) is 0 Å². The standard InChI is InChI=1S/C6H7P.2C2H4O2.Pd/c7-6-4-2-1-3-5-6;2*1-2(3)4;/h1-5H,7H2;2*1H3,(H,3,4);/q;;;+2/p-2. The van der Waals surface area contributed by atoms with Crippen LogP contribution in [0.15, 0.2) is 30.3 Å². The average Bonchev–Trinajstić information content (AvgIpc) is 2.03. The number of carboxylic acid groups (broad SMARTS) is 2. The van der Waals surface area contributed by atoms with Gasteiger partial charge in [-0.1, -0.05) is 30.3 Å². The van der Waals surface area contributed by atoms with Gasteiger partial charge in [0.25, 0.3) is 0 Å². The Bertz CT molecular complexity index is 270.